The van der Waals surface area contributed by atoms with E-state index >= 15 is 4.39 Å². The number of ether oxygens (including phenoxy) is 1. The minimum absolute atomic E-state index is 0.0701. The van der Waals surface area contributed by atoms with Gasteiger partial charge in [0.05, 0.1) is 12.0 Å². The van der Waals surface area contributed by atoms with Crippen molar-refractivity contribution in [2.24, 2.45) is 34.5 Å². The molecule has 1 N–H and O–H groups in total. The lowest BCUT2D eigenvalue weighted by molar-refractivity contribution is -0.202. The normalized spacial score (nSPS) is 47.6. The lowest BCUT2D eigenvalue weighted by Gasteiger charge is -2.60. The van der Waals surface area contributed by atoms with Crippen LogP contribution in [0.2, 0.25) is 0 Å². The van der Waals surface area contributed by atoms with E-state index in [4.69, 9.17) is 16.3 Å². The molecule has 0 aromatic carbocycles. The summed E-state index contributed by atoms with van der Waals surface area (Å²) in [6, 6.07) is 0. The molecule has 0 aliphatic heterocycles. The molecule has 176 valence electrons. The van der Waals surface area contributed by atoms with Crippen LogP contribution in [0, 0.1) is 34.5 Å². The van der Waals surface area contributed by atoms with Crippen molar-refractivity contribution >= 4 is 29.1 Å². The van der Waals surface area contributed by atoms with Gasteiger partial charge in [0.2, 0.25) is 5.78 Å². The van der Waals surface area contributed by atoms with Gasteiger partial charge in [0.15, 0.2) is 17.2 Å². The Morgan fingerprint density at radius 1 is 1.31 bits per heavy atom. The summed E-state index contributed by atoms with van der Waals surface area (Å²) in [5, 5.41) is 11.4. The van der Waals surface area contributed by atoms with Gasteiger partial charge in [0.25, 0.3) is 0 Å². The zero-order chi connectivity index (χ0) is 23.8. The average Bonchev–Trinajstić information content (AvgIpc) is 2.91. The number of rotatable bonds is 3. The van der Waals surface area contributed by atoms with E-state index in [2.05, 4.69) is 0 Å². The van der Waals surface area contributed by atoms with E-state index in [0.717, 1.165) is 6.08 Å². The fourth-order valence-electron chi connectivity index (χ4n) is 7.94. The van der Waals surface area contributed by atoms with Crippen LogP contribution in [0.25, 0.3) is 0 Å². The van der Waals surface area contributed by atoms with Crippen molar-refractivity contribution in [2.75, 3.05) is 5.88 Å². The van der Waals surface area contributed by atoms with Gasteiger partial charge < -0.3 is 9.84 Å². The molecule has 8 heteroatoms. The number of aliphatic hydroxyl groups is 1. The molecule has 0 aromatic heterocycles. The molecule has 0 aromatic rings. The van der Waals surface area contributed by atoms with Gasteiger partial charge in [0, 0.05) is 35.2 Å². The van der Waals surface area contributed by atoms with Gasteiger partial charge in [0.1, 0.15) is 6.17 Å². The van der Waals surface area contributed by atoms with E-state index in [1.807, 2.05) is 13.8 Å². The Kier molecular flexibility index (Phi) is 5.49. The minimum Gasteiger partial charge on any atom is -0.450 e. The Balaban J connectivity index is 1.86. The van der Waals surface area contributed by atoms with Gasteiger partial charge in [-0.25, -0.2) is 8.78 Å². The molecular formula is C24H29ClF2O5. The van der Waals surface area contributed by atoms with Crippen molar-refractivity contribution in [1.29, 1.82) is 0 Å². The van der Waals surface area contributed by atoms with Crippen LogP contribution in [0.5, 0.6) is 0 Å². The summed E-state index contributed by atoms with van der Waals surface area (Å²) >= 11 is 5.95. The van der Waals surface area contributed by atoms with Crippen LogP contribution in [-0.2, 0) is 19.1 Å². The van der Waals surface area contributed by atoms with Crippen LogP contribution in [0.1, 0.15) is 47.0 Å². The highest BCUT2D eigenvalue weighted by Crippen LogP contribution is 2.69. The maximum atomic E-state index is 15.5. The van der Waals surface area contributed by atoms with Crippen LogP contribution in [0.4, 0.5) is 8.78 Å². The third-order valence-corrected chi connectivity index (χ3v) is 9.18. The maximum Gasteiger partial charge on any atom is 0.303 e. The van der Waals surface area contributed by atoms with E-state index in [9.17, 15) is 23.9 Å². The summed E-state index contributed by atoms with van der Waals surface area (Å²) in [6.45, 7) is 6.54. The molecule has 0 amide bonds. The highest BCUT2D eigenvalue weighted by Gasteiger charge is 2.73. The summed E-state index contributed by atoms with van der Waals surface area (Å²) < 4.78 is 36.0. The van der Waals surface area contributed by atoms with Crippen LogP contribution >= 0.6 is 11.6 Å². The summed E-state index contributed by atoms with van der Waals surface area (Å²) in [5.74, 6) is -4.91. The predicted molar refractivity (Wildman–Crippen MR) is 113 cm³/mol. The van der Waals surface area contributed by atoms with E-state index in [0.29, 0.717) is 6.42 Å². The van der Waals surface area contributed by atoms with Crippen LogP contribution in [0.15, 0.2) is 23.6 Å². The lowest BCUT2D eigenvalue weighted by atomic mass is 9.45. The molecule has 4 aliphatic rings. The predicted octanol–water partition coefficient (Wildman–Crippen LogP) is 3.87. The molecule has 9 atom stereocenters. The third-order valence-electron chi connectivity index (χ3n) is 8.93. The number of alkyl halides is 2. The van der Waals surface area contributed by atoms with Gasteiger partial charge in [-0.2, -0.15) is 0 Å². The van der Waals surface area contributed by atoms with Gasteiger partial charge in [-0.15, -0.1) is 11.6 Å². The second kappa shape index (κ2) is 7.45. The number of carbonyl (C=O) groups excluding carboxylic acids is 3. The average molecular weight is 471 g/mol. The fraction of sp³-hybridized carbons (Fsp3) is 0.708. The van der Waals surface area contributed by atoms with Crippen LogP contribution in [-0.4, -0.2) is 46.4 Å². The Bertz CT molecular complexity index is 947. The number of allylic oxidation sites excluding steroid dienone is 4. The second-order valence-electron chi connectivity index (χ2n) is 10.4. The summed E-state index contributed by atoms with van der Waals surface area (Å²) in [6.07, 6.45) is 0.445. The van der Waals surface area contributed by atoms with E-state index < -0.39 is 63.9 Å². The van der Waals surface area contributed by atoms with Gasteiger partial charge in [-0.1, -0.05) is 26.8 Å². The topological polar surface area (TPSA) is 80.7 Å². The van der Waals surface area contributed by atoms with Crippen molar-refractivity contribution in [3.05, 3.63) is 23.6 Å². The highest BCUT2D eigenvalue weighted by molar-refractivity contribution is 6.29. The first kappa shape index (κ1) is 23.6. The molecule has 0 saturated heterocycles. The minimum atomic E-state index is -1.69. The molecule has 3 saturated carbocycles. The molecule has 0 heterocycles. The van der Waals surface area contributed by atoms with Crippen molar-refractivity contribution in [3.8, 4) is 0 Å². The smallest absolute Gasteiger partial charge is 0.303 e. The van der Waals surface area contributed by atoms with E-state index in [1.54, 1.807) is 6.92 Å². The van der Waals surface area contributed by atoms with Crippen LogP contribution in [0.3, 0.4) is 0 Å². The van der Waals surface area contributed by atoms with Crippen molar-refractivity contribution in [1.82, 2.24) is 0 Å². The summed E-state index contributed by atoms with van der Waals surface area (Å²) in [5.41, 5.74) is -3.84. The van der Waals surface area contributed by atoms with Gasteiger partial charge >= 0.3 is 5.97 Å². The Labute approximate surface area is 191 Å². The number of aliphatic hydroxyl groups excluding tert-OH is 1. The molecular weight excluding hydrogens is 442 g/mol. The number of hydrogen-bond acceptors (Lipinski definition) is 5. The largest absolute Gasteiger partial charge is 0.450 e. The molecule has 32 heavy (non-hydrogen) atoms. The number of esters is 1. The molecule has 0 spiro atoms. The fourth-order valence-corrected chi connectivity index (χ4v) is 8.14. The van der Waals surface area contributed by atoms with Crippen molar-refractivity contribution in [3.63, 3.8) is 0 Å². The first-order valence-corrected chi connectivity index (χ1v) is 11.6. The number of hydrogen-bond donors (Lipinski definition) is 1. The number of Topliss-reactive ketones (excluding diaryl/α,β-unsaturated/α-hetero) is 1. The van der Waals surface area contributed by atoms with Gasteiger partial charge in [-0.3, -0.25) is 14.4 Å². The van der Waals surface area contributed by atoms with E-state index in [-0.39, 0.29) is 36.1 Å². The quantitative estimate of drug-likeness (QED) is 0.500. The first-order chi connectivity index (χ1) is 14.8. The standard InChI is InChI=1S/C24H29ClF2O5/c1-11-7-14-13-8-15(26)20-21(27)16(29)5-6-22(20,3)19(13)17(30)9-23(14,4)24(11,18(31)10-25)32-12(2)28/h5-6,11,13-15,17,19,30H,7-10H2,1-4H3/t11-,13+,14+,15+,17+,19-,22-,23+,24+/m1/s1. The molecule has 0 bridgehead atoms. The summed E-state index contributed by atoms with van der Waals surface area (Å²) in [4.78, 5) is 37.2. The Morgan fingerprint density at radius 2 is 1.97 bits per heavy atom. The molecule has 0 unspecified atom stereocenters. The SMILES string of the molecule is CC(=O)O[C@]1(C(=O)CCl)[C@H](C)C[C@H]2[C@@H]3C[C@H](F)C4=C(F)C(=O)C=C[C@]4(C)[C@H]3[C@@H](O)C[C@@]21C. The zero-order valence-electron chi connectivity index (χ0n) is 18.7. The third kappa shape index (κ3) is 2.79. The molecule has 0 radical (unpaired) electrons. The Hall–Kier alpha value is -1.60. The first-order valence-electron chi connectivity index (χ1n) is 11.1. The van der Waals surface area contributed by atoms with Crippen molar-refractivity contribution in [2.45, 2.75) is 64.8 Å². The second-order valence-corrected chi connectivity index (χ2v) is 10.7. The number of fused-ring (bicyclic) bond motifs is 5. The number of ketones is 2. The lowest BCUT2D eigenvalue weighted by Crippen LogP contribution is -2.64. The molecule has 4 aliphatic carbocycles. The van der Waals surface area contributed by atoms with Gasteiger partial charge in [-0.05, 0) is 37.2 Å². The monoisotopic (exact) mass is 470 g/mol. The number of carbonyl (C=O) groups is 3. The summed E-state index contributed by atoms with van der Waals surface area (Å²) in [7, 11) is 0. The molecule has 3 fully saturated rings. The van der Waals surface area contributed by atoms with E-state index in [1.165, 1.54) is 13.0 Å². The van der Waals surface area contributed by atoms with Crippen molar-refractivity contribution < 1.29 is 33.0 Å². The maximum absolute atomic E-state index is 15.5. The highest BCUT2D eigenvalue weighted by atomic mass is 35.5. The zero-order valence-corrected chi connectivity index (χ0v) is 19.4. The molecule has 5 nitrogen and oxygen atoms in total. The van der Waals surface area contributed by atoms with Crippen LogP contribution < -0.4 is 0 Å². The molecule has 4 rings (SSSR count). The Morgan fingerprint density at radius 3 is 2.56 bits per heavy atom. The number of halogens is 3.